The number of fused-ring (bicyclic) bond motifs is 1. The van der Waals surface area contributed by atoms with Gasteiger partial charge in [0.1, 0.15) is 12.6 Å². The Balaban J connectivity index is 2.31. The highest BCUT2D eigenvalue weighted by molar-refractivity contribution is 6.20. The second-order valence-electron chi connectivity index (χ2n) is 6.61. The maximum Gasteiger partial charge on any atom is 0.326 e. The van der Waals surface area contributed by atoms with Crippen LogP contribution >= 0.6 is 0 Å². The lowest BCUT2D eigenvalue weighted by atomic mass is 9.97. The number of anilines is 1. The Morgan fingerprint density at radius 2 is 1.97 bits per heavy atom. The largest absolute Gasteiger partial charge is 0.493 e. The number of hydrogen-bond acceptors (Lipinski definition) is 6. The molecule has 1 unspecified atom stereocenters. The second-order valence-corrected chi connectivity index (χ2v) is 6.61. The summed E-state index contributed by atoms with van der Waals surface area (Å²) < 4.78 is 10.8. The van der Waals surface area contributed by atoms with Gasteiger partial charge in [-0.15, -0.1) is 0 Å². The summed E-state index contributed by atoms with van der Waals surface area (Å²) in [6, 6.07) is 11.2. The number of benzodiazepines with no additional fused rings is 1. The van der Waals surface area contributed by atoms with E-state index in [0.29, 0.717) is 39.6 Å². The van der Waals surface area contributed by atoms with Crippen molar-refractivity contribution in [3.63, 3.8) is 0 Å². The summed E-state index contributed by atoms with van der Waals surface area (Å²) in [7, 11) is 2.95. The van der Waals surface area contributed by atoms with Crippen molar-refractivity contribution < 1.29 is 24.2 Å². The topological polar surface area (TPSA) is 112 Å². The maximum absolute atomic E-state index is 13.0. The molecule has 0 spiro atoms. The number of ether oxygens (including phenoxy) is 2. The number of hydrogen-bond donors (Lipinski definition) is 1. The second kappa shape index (κ2) is 8.66. The number of carbonyl (C=O) groups excluding carboxylic acids is 1. The van der Waals surface area contributed by atoms with Crippen LogP contribution in [0.5, 0.6) is 11.5 Å². The summed E-state index contributed by atoms with van der Waals surface area (Å²) in [5.74, 6) is -0.773. The average molecular weight is 407 g/mol. The number of aliphatic imine (C=N–C) groups is 1. The van der Waals surface area contributed by atoms with E-state index in [9.17, 15) is 20.0 Å². The van der Waals surface area contributed by atoms with Gasteiger partial charge >= 0.3 is 5.97 Å². The van der Waals surface area contributed by atoms with Crippen molar-refractivity contribution in [1.82, 2.24) is 0 Å². The van der Waals surface area contributed by atoms with Gasteiger partial charge in [0.25, 0.3) is 0 Å². The number of nitriles is 1. The van der Waals surface area contributed by atoms with Gasteiger partial charge in [-0.1, -0.05) is 19.1 Å². The van der Waals surface area contributed by atoms with Crippen LogP contribution in [0.2, 0.25) is 0 Å². The van der Waals surface area contributed by atoms with Gasteiger partial charge in [0, 0.05) is 17.2 Å². The highest BCUT2D eigenvalue weighted by Gasteiger charge is 2.35. The molecule has 1 atom stereocenters. The first-order valence-electron chi connectivity index (χ1n) is 9.31. The summed E-state index contributed by atoms with van der Waals surface area (Å²) in [5, 5.41) is 19.0. The van der Waals surface area contributed by atoms with E-state index in [1.54, 1.807) is 43.3 Å². The number of carboxylic acids is 1. The molecule has 30 heavy (non-hydrogen) atoms. The van der Waals surface area contributed by atoms with Crippen LogP contribution in [-0.4, -0.2) is 49.5 Å². The first-order valence-corrected chi connectivity index (χ1v) is 9.31. The van der Waals surface area contributed by atoms with Crippen LogP contribution in [0.25, 0.3) is 0 Å². The lowest BCUT2D eigenvalue weighted by Gasteiger charge is -2.29. The van der Waals surface area contributed by atoms with E-state index < -0.39 is 17.9 Å². The van der Waals surface area contributed by atoms with E-state index in [1.807, 2.05) is 0 Å². The van der Waals surface area contributed by atoms with Gasteiger partial charge in [-0.05, 0) is 24.6 Å². The Morgan fingerprint density at radius 1 is 1.27 bits per heavy atom. The molecule has 8 nitrogen and oxygen atoms in total. The molecule has 0 saturated carbocycles. The highest BCUT2D eigenvalue weighted by atomic mass is 16.5. The van der Waals surface area contributed by atoms with Crippen LogP contribution in [0.4, 0.5) is 5.69 Å². The van der Waals surface area contributed by atoms with Crippen molar-refractivity contribution in [1.29, 1.82) is 5.26 Å². The molecule has 0 saturated heterocycles. The van der Waals surface area contributed by atoms with Gasteiger partial charge in [0.2, 0.25) is 5.91 Å². The molecule has 1 amide bonds. The molecule has 8 heteroatoms. The summed E-state index contributed by atoms with van der Waals surface area (Å²) >= 11 is 0. The van der Waals surface area contributed by atoms with E-state index in [-0.39, 0.29) is 13.0 Å². The van der Waals surface area contributed by atoms with Crippen LogP contribution in [0, 0.1) is 11.3 Å². The van der Waals surface area contributed by atoms with Crippen LogP contribution in [-0.2, 0) is 9.59 Å². The van der Waals surface area contributed by atoms with Gasteiger partial charge in [-0.2, -0.15) is 5.26 Å². The Kier molecular flexibility index (Phi) is 6.02. The third kappa shape index (κ3) is 3.70. The van der Waals surface area contributed by atoms with Crippen LogP contribution < -0.4 is 14.4 Å². The number of carbonyl (C=O) groups is 2. The number of nitrogens with zero attached hydrogens (tertiary/aromatic N) is 3. The first kappa shape index (κ1) is 20.9. The number of carboxylic acid groups (broad SMARTS) is 1. The smallest absolute Gasteiger partial charge is 0.326 e. The summed E-state index contributed by atoms with van der Waals surface area (Å²) in [6.45, 7) is 1.48. The molecule has 0 fully saturated rings. The van der Waals surface area contributed by atoms with Crippen molar-refractivity contribution in [2.24, 2.45) is 4.99 Å². The van der Waals surface area contributed by atoms with Crippen LogP contribution in [0.3, 0.4) is 0 Å². The third-order valence-corrected chi connectivity index (χ3v) is 4.91. The quantitative estimate of drug-likeness (QED) is 0.788. The van der Waals surface area contributed by atoms with Crippen LogP contribution in [0.1, 0.15) is 30.0 Å². The number of rotatable bonds is 6. The van der Waals surface area contributed by atoms with E-state index in [2.05, 4.69) is 11.1 Å². The van der Waals surface area contributed by atoms with Crippen molar-refractivity contribution in [3.05, 3.63) is 53.1 Å². The SMILES string of the molecule is CCC(C(=O)O)N1C(=O)CN=C(c2cccc(C#N)c2)c2cc(OC)c(OC)cc21. The number of methoxy groups -OCH3 is 2. The predicted molar refractivity (Wildman–Crippen MR) is 110 cm³/mol. The Bertz CT molecular complexity index is 1070. The van der Waals surface area contributed by atoms with E-state index in [1.165, 1.54) is 19.1 Å². The molecule has 1 aliphatic heterocycles. The molecule has 0 aromatic heterocycles. The minimum atomic E-state index is -1.11. The van der Waals surface area contributed by atoms with Gasteiger partial charge < -0.3 is 14.6 Å². The molecule has 0 aliphatic carbocycles. The Morgan fingerprint density at radius 3 is 2.57 bits per heavy atom. The number of amides is 1. The molecule has 0 radical (unpaired) electrons. The van der Waals surface area contributed by atoms with Crippen LogP contribution in [0.15, 0.2) is 41.4 Å². The minimum absolute atomic E-state index is 0.216. The number of aliphatic carboxylic acids is 1. The van der Waals surface area contributed by atoms with Crippen molar-refractivity contribution >= 4 is 23.3 Å². The molecule has 2 aromatic rings. The van der Waals surface area contributed by atoms with E-state index in [0.717, 1.165) is 0 Å². The molecule has 0 bridgehead atoms. The molecule has 1 aliphatic rings. The standard InChI is InChI=1S/C22H21N3O5/c1-4-16(22(27)28)25-17-10-19(30-3)18(29-2)9-15(17)21(24-12-20(25)26)14-7-5-6-13(8-14)11-23/h5-10,16H,4,12H2,1-3H3,(H,27,28). The predicted octanol–water partition coefficient (Wildman–Crippen LogP) is 2.62. The molecule has 2 aromatic carbocycles. The fraction of sp³-hybridized carbons (Fsp3) is 0.273. The molecule has 1 N–H and O–H groups in total. The van der Waals surface area contributed by atoms with Gasteiger partial charge in [-0.25, -0.2) is 4.79 Å². The monoisotopic (exact) mass is 407 g/mol. The fourth-order valence-electron chi connectivity index (χ4n) is 3.49. The zero-order chi connectivity index (χ0) is 21.8. The highest BCUT2D eigenvalue weighted by Crippen LogP contribution is 2.38. The van der Waals surface area contributed by atoms with E-state index in [4.69, 9.17) is 9.47 Å². The lowest BCUT2D eigenvalue weighted by Crippen LogP contribution is -2.46. The third-order valence-electron chi connectivity index (χ3n) is 4.91. The lowest BCUT2D eigenvalue weighted by molar-refractivity contribution is -0.140. The van der Waals surface area contributed by atoms with Gasteiger partial charge in [-0.3, -0.25) is 14.7 Å². The fourth-order valence-corrected chi connectivity index (χ4v) is 3.49. The summed E-state index contributed by atoms with van der Waals surface area (Å²) in [6.07, 6.45) is 0.216. The summed E-state index contributed by atoms with van der Waals surface area (Å²) in [4.78, 5) is 30.6. The molecular weight excluding hydrogens is 386 g/mol. The Hall–Kier alpha value is -3.86. The van der Waals surface area contributed by atoms with Crippen molar-refractivity contribution in [3.8, 4) is 17.6 Å². The summed E-state index contributed by atoms with van der Waals surface area (Å²) in [5.41, 5.74) is 2.44. The average Bonchev–Trinajstić information content (AvgIpc) is 2.89. The van der Waals surface area contributed by atoms with Gasteiger partial charge in [0.05, 0.1) is 37.3 Å². The zero-order valence-electron chi connectivity index (χ0n) is 16.9. The Labute approximate surface area is 174 Å². The number of benzene rings is 2. The van der Waals surface area contributed by atoms with Gasteiger partial charge in [0.15, 0.2) is 11.5 Å². The molecular formula is C22H21N3O5. The van der Waals surface area contributed by atoms with Crippen molar-refractivity contribution in [2.45, 2.75) is 19.4 Å². The minimum Gasteiger partial charge on any atom is -0.493 e. The maximum atomic E-state index is 13.0. The first-order chi connectivity index (χ1) is 14.4. The normalized spacial score (nSPS) is 14.1. The van der Waals surface area contributed by atoms with E-state index >= 15 is 0 Å². The molecule has 3 rings (SSSR count). The zero-order valence-corrected chi connectivity index (χ0v) is 16.9. The molecule has 1 heterocycles. The van der Waals surface area contributed by atoms with Crippen molar-refractivity contribution in [2.75, 3.05) is 25.7 Å². The molecule has 154 valence electrons.